The van der Waals surface area contributed by atoms with E-state index in [1.807, 2.05) is 19.9 Å². The summed E-state index contributed by atoms with van der Waals surface area (Å²) in [6, 6.07) is 14.2. The van der Waals surface area contributed by atoms with Gasteiger partial charge in [-0.3, -0.25) is 14.4 Å². The predicted molar refractivity (Wildman–Crippen MR) is 115 cm³/mol. The lowest BCUT2D eigenvalue weighted by Crippen LogP contribution is -2.29. The number of esters is 1. The number of halogens is 1. The molecule has 0 aliphatic carbocycles. The van der Waals surface area contributed by atoms with E-state index in [1.54, 1.807) is 12.1 Å². The van der Waals surface area contributed by atoms with E-state index in [2.05, 4.69) is 0 Å². The van der Waals surface area contributed by atoms with E-state index in [9.17, 15) is 23.6 Å². The van der Waals surface area contributed by atoms with Crippen molar-refractivity contribution >= 4 is 29.3 Å². The molecular formula is C25H18FNO5. The first-order valence-electron chi connectivity index (χ1n) is 9.82. The molecule has 0 aromatic heterocycles. The molecule has 0 spiro atoms. The van der Waals surface area contributed by atoms with E-state index >= 15 is 0 Å². The maximum Gasteiger partial charge on any atom is 0.338 e. The number of Topliss-reactive ketones (excluding diaryl/α,β-unsaturated/α-hetero) is 1. The second-order valence-electron chi connectivity index (χ2n) is 7.48. The smallest absolute Gasteiger partial charge is 0.338 e. The summed E-state index contributed by atoms with van der Waals surface area (Å²) in [5.41, 5.74) is 2.95. The van der Waals surface area contributed by atoms with Crippen LogP contribution in [0.2, 0.25) is 0 Å². The van der Waals surface area contributed by atoms with Crippen LogP contribution in [0.3, 0.4) is 0 Å². The quantitative estimate of drug-likeness (QED) is 0.342. The first-order valence-corrected chi connectivity index (χ1v) is 9.82. The molecule has 0 bridgehead atoms. The van der Waals surface area contributed by atoms with Crippen LogP contribution < -0.4 is 4.90 Å². The normalized spacial score (nSPS) is 12.7. The summed E-state index contributed by atoms with van der Waals surface area (Å²) in [4.78, 5) is 51.3. The van der Waals surface area contributed by atoms with E-state index < -0.39 is 36.0 Å². The Hall–Kier alpha value is -4.13. The highest BCUT2D eigenvalue weighted by Crippen LogP contribution is 2.30. The van der Waals surface area contributed by atoms with Gasteiger partial charge in [-0.15, -0.1) is 0 Å². The molecule has 4 rings (SSSR count). The van der Waals surface area contributed by atoms with Crippen LogP contribution in [0, 0.1) is 19.7 Å². The molecule has 0 radical (unpaired) electrons. The number of imide groups is 1. The summed E-state index contributed by atoms with van der Waals surface area (Å²) >= 11 is 0. The highest BCUT2D eigenvalue weighted by atomic mass is 19.1. The zero-order chi connectivity index (χ0) is 23.0. The van der Waals surface area contributed by atoms with E-state index in [0.717, 1.165) is 28.2 Å². The van der Waals surface area contributed by atoms with Gasteiger partial charge in [0.25, 0.3) is 11.8 Å². The Bertz CT molecular complexity index is 1280. The molecule has 2 amide bonds. The number of amides is 2. The van der Waals surface area contributed by atoms with Gasteiger partial charge in [-0.05, 0) is 79.6 Å². The molecule has 7 heteroatoms. The number of carbonyl (C=O) groups is 4. The zero-order valence-electron chi connectivity index (χ0n) is 17.3. The molecule has 1 aliphatic rings. The molecule has 0 N–H and O–H groups in total. The maximum atomic E-state index is 13.0. The van der Waals surface area contributed by atoms with Gasteiger partial charge in [0.15, 0.2) is 12.4 Å². The minimum atomic E-state index is -0.812. The number of anilines is 1. The van der Waals surface area contributed by atoms with Gasteiger partial charge in [0.2, 0.25) is 0 Å². The Labute approximate surface area is 183 Å². The molecule has 0 saturated heterocycles. The summed E-state index contributed by atoms with van der Waals surface area (Å²) in [7, 11) is 0. The van der Waals surface area contributed by atoms with Crippen LogP contribution in [0.25, 0.3) is 0 Å². The SMILES string of the molecule is Cc1ccc(N2C(=O)c3ccc(C(=O)OCC(=O)c4ccc(F)cc4)cc3C2=O)cc1C. The molecule has 0 atom stereocenters. The van der Waals surface area contributed by atoms with Crippen LogP contribution in [0.4, 0.5) is 10.1 Å². The number of aryl methyl sites for hydroxylation is 2. The Morgan fingerprint density at radius 2 is 1.47 bits per heavy atom. The van der Waals surface area contributed by atoms with Crippen LogP contribution in [0.5, 0.6) is 0 Å². The second-order valence-corrected chi connectivity index (χ2v) is 7.48. The first kappa shape index (κ1) is 21.1. The molecule has 0 unspecified atom stereocenters. The second kappa shape index (κ2) is 8.19. The Balaban J connectivity index is 1.51. The monoisotopic (exact) mass is 431 g/mol. The number of ketones is 1. The van der Waals surface area contributed by atoms with E-state index in [0.29, 0.717) is 5.69 Å². The standard InChI is InChI=1S/C25H18FNO5/c1-14-3-9-19(11-15(14)2)27-23(29)20-10-6-17(12-21(20)24(27)30)25(31)32-13-22(28)16-4-7-18(26)8-5-16/h3-12H,13H2,1-2H3. The van der Waals surface area contributed by atoms with Crippen molar-refractivity contribution in [3.05, 3.63) is 99.9 Å². The average Bonchev–Trinajstić information content (AvgIpc) is 3.04. The van der Waals surface area contributed by atoms with E-state index in [1.165, 1.54) is 30.3 Å². The van der Waals surface area contributed by atoms with Crippen LogP contribution in [-0.4, -0.2) is 30.2 Å². The van der Waals surface area contributed by atoms with Crippen molar-refractivity contribution in [2.45, 2.75) is 13.8 Å². The molecule has 1 heterocycles. The lowest BCUT2D eigenvalue weighted by molar-refractivity contribution is 0.0474. The molecule has 0 fully saturated rings. The van der Waals surface area contributed by atoms with Gasteiger partial charge in [0, 0.05) is 5.56 Å². The van der Waals surface area contributed by atoms with Gasteiger partial charge >= 0.3 is 5.97 Å². The molecule has 160 valence electrons. The first-order chi connectivity index (χ1) is 15.3. The number of hydrogen-bond acceptors (Lipinski definition) is 5. The summed E-state index contributed by atoms with van der Waals surface area (Å²) in [6.07, 6.45) is 0. The van der Waals surface area contributed by atoms with Crippen molar-refractivity contribution in [1.82, 2.24) is 0 Å². The van der Waals surface area contributed by atoms with Crippen molar-refractivity contribution < 1.29 is 28.3 Å². The Morgan fingerprint density at radius 3 is 2.16 bits per heavy atom. The van der Waals surface area contributed by atoms with Crippen LogP contribution >= 0.6 is 0 Å². The zero-order valence-corrected chi connectivity index (χ0v) is 17.3. The lowest BCUT2D eigenvalue weighted by atomic mass is 10.1. The van der Waals surface area contributed by atoms with Gasteiger partial charge in [-0.2, -0.15) is 0 Å². The number of hydrogen-bond donors (Lipinski definition) is 0. The predicted octanol–water partition coefficient (Wildman–Crippen LogP) is 4.28. The lowest BCUT2D eigenvalue weighted by Gasteiger charge is -2.15. The number of benzene rings is 3. The third kappa shape index (κ3) is 3.80. The molecular weight excluding hydrogens is 413 g/mol. The largest absolute Gasteiger partial charge is 0.454 e. The van der Waals surface area contributed by atoms with Crippen LogP contribution in [-0.2, 0) is 4.74 Å². The summed E-state index contributed by atoms with van der Waals surface area (Å²) < 4.78 is 18.0. The Morgan fingerprint density at radius 1 is 0.812 bits per heavy atom. The van der Waals surface area contributed by atoms with E-state index in [-0.39, 0.29) is 22.3 Å². The fourth-order valence-electron chi connectivity index (χ4n) is 3.40. The van der Waals surface area contributed by atoms with Gasteiger partial charge < -0.3 is 4.74 Å². The van der Waals surface area contributed by atoms with Crippen molar-refractivity contribution in [2.24, 2.45) is 0 Å². The van der Waals surface area contributed by atoms with Crippen LogP contribution in [0.15, 0.2) is 60.7 Å². The summed E-state index contributed by atoms with van der Waals surface area (Å²) in [5, 5.41) is 0. The fourth-order valence-corrected chi connectivity index (χ4v) is 3.40. The van der Waals surface area contributed by atoms with Gasteiger partial charge in [-0.25, -0.2) is 14.1 Å². The highest BCUT2D eigenvalue weighted by molar-refractivity contribution is 6.34. The molecule has 1 aliphatic heterocycles. The molecule has 0 saturated carbocycles. The average molecular weight is 431 g/mol. The van der Waals surface area contributed by atoms with Crippen molar-refractivity contribution in [2.75, 3.05) is 11.5 Å². The minimum absolute atomic E-state index is 0.0405. The third-order valence-corrected chi connectivity index (χ3v) is 5.37. The number of fused-ring (bicyclic) bond motifs is 1. The van der Waals surface area contributed by atoms with Crippen LogP contribution in [0.1, 0.15) is 52.6 Å². The molecule has 6 nitrogen and oxygen atoms in total. The van der Waals surface area contributed by atoms with Crippen molar-refractivity contribution in [3.8, 4) is 0 Å². The highest BCUT2D eigenvalue weighted by Gasteiger charge is 2.37. The maximum absolute atomic E-state index is 13.0. The van der Waals surface area contributed by atoms with Crippen molar-refractivity contribution in [1.29, 1.82) is 0 Å². The molecule has 32 heavy (non-hydrogen) atoms. The number of carbonyl (C=O) groups excluding carboxylic acids is 4. The van der Waals surface area contributed by atoms with Gasteiger partial charge in [0.1, 0.15) is 5.82 Å². The number of rotatable bonds is 5. The fraction of sp³-hybridized carbons (Fsp3) is 0.120. The summed E-state index contributed by atoms with van der Waals surface area (Å²) in [5.74, 6) is -2.80. The topological polar surface area (TPSA) is 80.8 Å². The molecule has 3 aromatic rings. The summed E-state index contributed by atoms with van der Waals surface area (Å²) in [6.45, 7) is 3.28. The van der Waals surface area contributed by atoms with Gasteiger partial charge in [0.05, 0.1) is 22.4 Å². The molecule has 3 aromatic carbocycles. The van der Waals surface area contributed by atoms with Crippen molar-refractivity contribution in [3.63, 3.8) is 0 Å². The number of ether oxygens (including phenoxy) is 1. The minimum Gasteiger partial charge on any atom is -0.454 e. The van der Waals surface area contributed by atoms with Gasteiger partial charge in [-0.1, -0.05) is 6.07 Å². The van der Waals surface area contributed by atoms with E-state index in [4.69, 9.17) is 4.74 Å². The third-order valence-electron chi connectivity index (χ3n) is 5.37. The number of nitrogens with zero attached hydrogens (tertiary/aromatic N) is 1. The Kier molecular flexibility index (Phi) is 5.40.